The number of thioether (sulfide) groups is 1. The lowest BCUT2D eigenvalue weighted by atomic mass is 10.2. The van der Waals surface area contributed by atoms with Crippen LogP contribution in [0.3, 0.4) is 0 Å². The number of hydrogen-bond donors (Lipinski definition) is 2. The van der Waals surface area contributed by atoms with Crippen LogP contribution in [0.25, 0.3) is 0 Å². The molecule has 150 valence electrons. The number of phenolic OH excluding ortho intramolecular Hbond substituents is 1. The number of nitro benzene ring substituents is 1. The van der Waals surface area contributed by atoms with Crippen molar-refractivity contribution in [1.29, 1.82) is 0 Å². The van der Waals surface area contributed by atoms with Crippen LogP contribution < -0.4 is 15.0 Å². The van der Waals surface area contributed by atoms with Crippen molar-refractivity contribution in [2.75, 3.05) is 17.3 Å². The highest BCUT2D eigenvalue weighted by atomic mass is 32.2. The maximum Gasteiger partial charge on any atom is 0.293 e. The third-order valence-electron chi connectivity index (χ3n) is 4.09. The lowest BCUT2D eigenvalue weighted by Crippen LogP contribution is -2.32. The molecular weight excluding hydrogens is 402 g/mol. The van der Waals surface area contributed by atoms with Crippen LogP contribution >= 0.6 is 11.8 Å². The van der Waals surface area contributed by atoms with Crippen molar-refractivity contribution >= 4 is 45.9 Å². The van der Waals surface area contributed by atoms with E-state index in [2.05, 4.69) is 5.32 Å². The molecule has 0 aromatic heterocycles. The van der Waals surface area contributed by atoms with E-state index in [-0.39, 0.29) is 17.8 Å². The maximum atomic E-state index is 12.6. The van der Waals surface area contributed by atoms with E-state index in [1.54, 1.807) is 24.3 Å². The van der Waals surface area contributed by atoms with Crippen molar-refractivity contribution in [3.05, 3.63) is 52.6 Å². The second-order valence-electron chi connectivity index (χ2n) is 5.95. The molecule has 11 heteroatoms. The average Bonchev–Trinajstić information content (AvgIpc) is 2.96. The van der Waals surface area contributed by atoms with Crippen LogP contribution in [-0.2, 0) is 9.59 Å². The zero-order chi connectivity index (χ0) is 21.1. The van der Waals surface area contributed by atoms with Crippen LogP contribution in [0.1, 0.15) is 6.42 Å². The minimum absolute atomic E-state index is 0.0330. The van der Waals surface area contributed by atoms with Crippen molar-refractivity contribution < 1.29 is 29.2 Å². The highest BCUT2D eigenvalue weighted by Crippen LogP contribution is 2.35. The summed E-state index contributed by atoms with van der Waals surface area (Å²) in [7, 11) is 1.49. The summed E-state index contributed by atoms with van der Waals surface area (Å²) in [6.07, 6.45) is -0.307. The molecule has 3 amide bonds. The summed E-state index contributed by atoms with van der Waals surface area (Å²) in [5.41, 5.74) is 0.00126. The molecule has 29 heavy (non-hydrogen) atoms. The molecule has 1 unspecified atom stereocenters. The normalized spacial score (nSPS) is 16.0. The summed E-state index contributed by atoms with van der Waals surface area (Å²) < 4.78 is 5.04. The van der Waals surface area contributed by atoms with E-state index in [1.807, 2.05) is 0 Å². The van der Waals surface area contributed by atoms with Gasteiger partial charge >= 0.3 is 0 Å². The number of ether oxygens (including phenoxy) is 1. The summed E-state index contributed by atoms with van der Waals surface area (Å²) >= 11 is 0.730. The molecule has 1 heterocycles. The Labute approximate surface area is 168 Å². The summed E-state index contributed by atoms with van der Waals surface area (Å²) in [5, 5.41) is 21.5. The smallest absolute Gasteiger partial charge is 0.293 e. The van der Waals surface area contributed by atoms with Crippen molar-refractivity contribution in [3.63, 3.8) is 0 Å². The number of aromatic hydroxyl groups is 1. The number of amides is 3. The van der Waals surface area contributed by atoms with E-state index in [1.165, 1.54) is 13.2 Å². The van der Waals surface area contributed by atoms with Crippen molar-refractivity contribution in [3.8, 4) is 11.5 Å². The standard InChI is InChI=1S/C18H15N3O7S/c1-28-12-5-2-10(3-6-12)20-17(24)15(29-18(20)25)9-16(23)19-13-7-4-11(21(26)27)8-14(13)22/h2-8,15,22H,9H2,1H3,(H,19,23). The predicted molar refractivity (Wildman–Crippen MR) is 105 cm³/mol. The molecule has 0 spiro atoms. The molecule has 1 aliphatic heterocycles. The number of imide groups is 1. The van der Waals surface area contributed by atoms with Crippen molar-refractivity contribution in [2.45, 2.75) is 11.7 Å². The Hall–Kier alpha value is -3.60. The molecule has 0 saturated carbocycles. The Morgan fingerprint density at radius 3 is 2.55 bits per heavy atom. The van der Waals surface area contributed by atoms with Gasteiger partial charge in [-0.05, 0) is 42.1 Å². The van der Waals surface area contributed by atoms with Gasteiger partial charge in [-0.3, -0.25) is 24.5 Å². The zero-order valence-corrected chi connectivity index (χ0v) is 15.8. The Morgan fingerprint density at radius 2 is 1.97 bits per heavy atom. The summed E-state index contributed by atoms with van der Waals surface area (Å²) in [4.78, 5) is 48.1. The summed E-state index contributed by atoms with van der Waals surface area (Å²) in [6, 6.07) is 9.55. The second kappa shape index (κ2) is 8.19. The number of non-ortho nitro benzene ring substituents is 1. The Balaban J connectivity index is 1.67. The molecule has 2 aromatic rings. The summed E-state index contributed by atoms with van der Waals surface area (Å²) in [5.74, 6) is -1.06. The number of nitro groups is 1. The third-order valence-corrected chi connectivity index (χ3v) is 5.13. The number of hydrogen-bond acceptors (Lipinski definition) is 8. The molecule has 3 rings (SSSR count). The second-order valence-corrected chi connectivity index (χ2v) is 7.11. The van der Waals surface area contributed by atoms with Crippen molar-refractivity contribution in [2.24, 2.45) is 0 Å². The SMILES string of the molecule is COc1ccc(N2C(=O)SC(CC(=O)Nc3ccc([N+](=O)[O-])cc3O)C2=O)cc1. The van der Waals surface area contributed by atoms with Crippen LogP contribution in [0, 0.1) is 10.1 Å². The van der Waals surface area contributed by atoms with E-state index in [0.29, 0.717) is 11.4 Å². The third kappa shape index (κ3) is 4.29. The largest absolute Gasteiger partial charge is 0.506 e. The van der Waals surface area contributed by atoms with Gasteiger partial charge in [-0.25, -0.2) is 4.90 Å². The molecule has 1 aliphatic rings. The number of nitrogens with zero attached hydrogens (tertiary/aromatic N) is 2. The van der Waals surface area contributed by atoms with Gasteiger partial charge in [-0.2, -0.15) is 0 Å². The maximum absolute atomic E-state index is 12.6. The minimum Gasteiger partial charge on any atom is -0.506 e. The number of methoxy groups -OCH3 is 1. The molecule has 1 fully saturated rings. The fraction of sp³-hybridized carbons (Fsp3) is 0.167. The molecule has 0 aliphatic carbocycles. The molecule has 0 radical (unpaired) electrons. The highest BCUT2D eigenvalue weighted by Gasteiger charge is 2.41. The number of rotatable bonds is 6. The number of anilines is 2. The van der Waals surface area contributed by atoms with Gasteiger partial charge in [0.05, 0.1) is 29.5 Å². The van der Waals surface area contributed by atoms with Crippen LogP contribution in [0.4, 0.5) is 21.9 Å². The van der Waals surface area contributed by atoms with E-state index >= 15 is 0 Å². The highest BCUT2D eigenvalue weighted by molar-refractivity contribution is 8.15. The molecule has 0 bridgehead atoms. The van der Waals surface area contributed by atoms with Crippen LogP contribution in [0.5, 0.6) is 11.5 Å². The first kappa shape index (κ1) is 20.1. The average molecular weight is 417 g/mol. The monoisotopic (exact) mass is 417 g/mol. The van der Waals surface area contributed by atoms with E-state index < -0.39 is 33.0 Å². The van der Waals surface area contributed by atoms with Crippen LogP contribution in [-0.4, -0.2) is 39.4 Å². The van der Waals surface area contributed by atoms with E-state index in [4.69, 9.17) is 4.74 Å². The first-order valence-electron chi connectivity index (χ1n) is 8.26. The van der Waals surface area contributed by atoms with E-state index in [0.717, 1.165) is 28.8 Å². The number of nitrogens with one attached hydrogen (secondary N) is 1. The van der Waals surface area contributed by atoms with Gasteiger partial charge in [0, 0.05) is 12.5 Å². The number of carbonyl (C=O) groups excluding carboxylic acids is 3. The Morgan fingerprint density at radius 1 is 1.28 bits per heavy atom. The number of phenols is 1. The summed E-state index contributed by atoms with van der Waals surface area (Å²) in [6.45, 7) is 0. The van der Waals surface area contributed by atoms with Crippen LogP contribution in [0.15, 0.2) is 42.5 Å². The molecule has 2 aromatic carbocycles. The zero-order valence-electron chi connectivity index (χ0n) is 15.0. The van der Waals surface area contributed by atoms with Gasteiger partial charge in [0.2, 0.25) is 11.8 Å². The molecular formula is C18H15N3O7S. The minimum atomic E-state index is -0.926. The number of carbonyl (C=O) groups is 3. The van der Waals surface area contributed by atoms with Crippen molar-refractivity contribution in [1.82, 2.24) is 0 Å². The topological polar surface area (TPSA) is 139 Å². The van der Waals surface area contributed by atoms with Gasteiger partial charge in [0.25, 0.3) is 10.9 Å². The first-order valence-corrected chi connectivity index (χ1v) is 9.14. The van der Waals surface area contributed by atoms with Gasteiger partial charge in [0.15, 0.2) is 0 Å². The predicted octanol–water partition coefficient (Wildman–Crippen LogP) is 2.91. The van der Waals surface area contributed by atoms with Gasteiger partial charge in [0.1, 0.15) is 16.7 Å². The van der Waals surface area contributed by atoms with Gasteiger partial charge in [-0.15, -0.1) is 0 Å². The van der Waals surface area contributed by atoms with Gasteiger partial charge < -0.3 is 15.2 Å². The number of benzene rings is 2. The Bertz CT molecular complexity index is 993. The lowest BCUT2D eigenvalue weighted by molar-refractivity contribution is -0.384. The van der Waals surface area contributed by atoms with Gasteiger partial charge in [-0.1, -0.05) is 0 Å². The Kier molecular flexibility index (Phi) is 5.69. The molecule has 1 saturated heterocycles. The molecule has 1 atom stereocenters. The fourth-order valence-electron chi connectivity index (χ4n) is 2.66. The fourth-order valence-corrected chi connectivity index (χ4v) is 3.65. The van der Waals surface area contributed by atoms with E-state index in [9.17, 15) is 29.6 Å². The lowest BCUT2D eigenvalue weighted by Gasteiger charge is -2.14. The van der Waals surface area contributed by atoms with Crippen LogP contribution in [0.2, 0.25) is 0 Å². The first-order chi connectivity index (χ1) is 13.8. The molecule has 10 nitrogen and oxygen atoms in total. The molecule has 2 N–H and O–H groups in total. The quantitative estimate of drug-likeness (QED) is 0.415.